The van der Waals surface area contributed by atoms with Crippen LogP contribution < -0.4 is 5.32 Å². The summed E-state index contributed by atoms with van der Waals surface area (Å²) in [5.41, 5.74) is 4.87. The fourth-order valence-corrected chi connectivity index (χ4v) is 3.00. The molecule has 2 aromatic rings. The lowest BCUT2D eigenvalue weighted by Crippen LogP contribution is -2.36. The average Bonchev–Trinajstić information content (AvgIpc) is 2.64. The average molecular weight is 338 g/mol. The van der Waals surface area contributed by atoms with Crippen molar-refractivity contribution in [3.8, 4) is 0 Å². The van der Waals surface area contributed by atoms with Crippen LogP contribution in [0.25, 0.3) is 0 Å². The standard InChI is InChI=1S/C21H26N2O2/c1-16(2)22-13-18-8-9-20-14-23(11-10-19(20)12-18)21(24)25-15-17-6-4-3-5-7-17/h3-9,12,16,22H,10-11,13-15H2,1-2H3. The monoisotopic (exact) mass is 338 g/mol. The largest absolute Gasteiger partial charge is 0.445 e. The molecule has 0 unspecified atom stereocenters. The Morgan fingerprint density at radius 3 is 2.68 bits per heavy atom. The van der Waals surface area contributed by atoms with Crippen LogP contribution in [0.15, 0.2) is 48.5 Å². The molecule has 0 aliphatic carbocycles. The molecule has 0 saturated carbocycles. The maximum atomic E-state index is 12.3. The highest BCUT2D eigenvalue weighted by molar-refractivity contribution is 5.68. The van der Waals surface area contributed by atoms with Gasteiger partial charge in [0.25, 0.3) is 0 Å². The van der Waals surface area contributed by atoms with Crippen LogP contribution in [0.4, 0.5) is 4.79 Å². The molecular weight excluding hydrogens is 312 g/mol. The van der Waals surface area contributed by atoms with Crippen LogP contribution in [0, 0.1) is 0 Å². The van der Waals surface area contributed by atoms with Gasteiger partial charge in [0, 0.05) is 25.7 Å². The third kappa shape index (κ3) is 4.83. The Balaban J connectivity index is 1.56. The van der Waals surface area contributed by atoms with Gasteiger partial charge in [0.2, 0.25) is 0 Å². The van der Waals surface area contributed by atoms with E-state index in [0.29, 0.717) is 25.7 Å². The van der Waals surface area contributed by atoms with Crippen LogP contribution in [0.3, 0.4) is 0 Å². The lowest BCUT2D eigenvalue weighted by Gasteiger charge is -2.28. The van der Waals surface area contributed by atoms with Gasteiger partial charge in [-0.15, -0.1) is 0 Å². The number of hydrogen-bond acceptors (Lipinski definition) is 3. The van der Waals surface area contributed by atoms with Crippen molar-refractivity contribution in [1.29, 1.82) is 0 Å². The lowest BCUT2D eigenvalue weighted by molar-refractivity contribution is 0.0918. The van der Waals surface area contributed by atoms with E-state index in [9.17, 15) is 4.79 Å². The van der Waals surface area contributed by atoms with Gasteiger partial charge >= 0.3 is 6.09 Å². The molecule has 2 aromatic carbocycles. The van der Waals surface area contributed by atoms with E-state index >= 15 is 0 Å². The van der Waals surface area contributed by atoms with E-state index in [4.69, 9.17) is 4.74 Å². The molecule has 1 aliphatic rings. The van der Waals surface area contributed by atoms with E-state index in [1.165, 1.54) is 16.7 Å². The molecule has 1 amide bonds. The summed E-state index contributed by atoms with van der Waals surface area (Å²) in [5.74, 6) is 0. The molecule has 0 saturated heterocycles. The van der Waals surface area contributed by atoms with Crippen molar-refractivity contribution >= 4 is 6.09 Å². The Morgan fingerprint density at radius 2 is 1.92 bits per heavy atom. The smallest absolute Gasteiger partial charge is 0.410 e. The minimum Gasteiger partial charge on any atom is -0.445 e. The van der Waals surface area contributed by atoms with Gasteiger partial charge in [-0.1, -0.05) is 62.4 Å². The van der Waals surface area contributed by atoms with Crippen LogP contribution in [-0.2, 0) is 30.9 Å². The van der Waals surface area contributed by atoms with Gasteiger partial charge in [-0.25, -0.2) is 4.79 Å². The number of hydrogen-bond donors (Lipinski definition) is 1. The fraction of sp³-hybridized carbons (Fsp3) is 0.381. The summed E-state index contributed by atoms with van der Waals surface area (Å²) in [4.78, 5) is 14.1. The van der Waals surface area contributed by atoms with Gasteiger partial charge in [0.15, 0.2) is 0 Å². The molecule has 0 atom stereocenters. The quantitative estimate of drug-likeness (QED) is 0.899. The topological polar surface area (TPSA) is 41.6 Å². The fourth-order valence-electron chi connectivity index (χ4n) is 3.00. The summed E-state index contributed by atoms with van der Waals surface area (Å²) in [6, 6.07) is 16.8. The second-order valence-electron chi connectivity index (χ2n) is 6.85. The van der Waals surface area contributed by atoms with Crippen molar-refractivity contribution in [3.05, 3.63) is 70.8 Å². The molecule has 0 aromatic heterocycles. The maximum absolute atomic E-state index is 12.3. The molecular formula is C21H26N2O2. The van der Waals surface area contributed by atoms with Gasteiger partial charge < -0.3 is 15.0 Å². The normalized spacial score (nSPS) is 13.6. The number of rotatable bonds is 5. The third-order valence-corrected chi connectivity index (χ3v) is 4.46. The van der Waals surface area contributed by atoms with E-state index in [2.05, 4.69) is 37.4 Å². The van der Waals surface area contributed by atoms with Gasteiger partial charge in [-0.05, 0) is 28.7 Å². The summed E-state index contributed by atoms with van der Waals surface area (Å²) in [7, 11) is 0. The van der Waals surface area contributed by atoms with Crippen LogP contribution >= 0.6 is 0 Å². The third-order valence-electron chi connectivity index (χ3n) is 4.46. The van der Waals surface area contributed by atoms with Crippen LogP contribution in [-0.4, -0.2) is 23.6 Å². The molecule has 0 fully saturated rings. The van der Waals surface area contributed by atoms with Crippen molar-refractivity contribution in [3.63, 3.8) is 0 Å². The zero-order chi connectivity index (χ0) is 17.6. The number of fused-ring (bicyclic) bond motifs is 1. The number of benzene rings is 2. The summed E-state index contributed by atoms with van der Waals surface area (Å²) in [6.07, 6.45) is 0.644. The van der Waals surface area contributed by atoms with Crippen molar-refractivity contribution in [2.75, 3.05) is 6.54 Å². The van der Waals surface area contributed by atoms with Gasteiger partial charge in [-0.2, -0.15) is 0 Å². The second kappa shape index (κ2) is 8.17. The van der Waals surface area contributed by atoms with Crippen LogP contribution in [0.1, 0.15) is 36.1 Å². The van der Waals surface area contributed by atoms with E-state index in [1.807, 2.05) is 30.3 Å². The number of carbonyl (C=O) groups is 1. The zero-order valence-electron chi connectivity index (χ0n) is 15.0. The molecule has 132 valence electrons. The highest BCUT2D eigenvalue weighted by atomic mass is 16.6. The van der Waals surface area contributed by atoms with Crippen LogP contribution in [0.2, 0.25) is 0 Å². The van der Waals surface area contributed by atoms with Crippen molar-refractivity contribution in [1.82, 2.24) is 10.2 Å². The van der Waals surface area contributed by atoms with E-state index in [1.54, 1.807) is 4.90 Å². The summed E-state index contributed by atoms with van der Waals surface area (Å²) in [6.45, 7) is 6.84. The van der Waals surface area contributed by atoms with Crippen molar-refractivity contribution < 1.29 is 9.53 Å². The zero-order valence-corrected chi connectivity index (χ0v) is 15.0. The molecule has 3 rings (SSSR count). The molecule has 1 N–H and O–H groups in total. The molecule has 1 aliphatic heterocycles. The number of nitrogens with zero attached hydrogens (tertiary/aromatic N) is 1. The first-order chi connectivity index (χ1) is 12.1. The molecule has 25 heavy (non-hydrogen) atoms. The Kier molecular flexibility index (Phi) is 5.71. The maximum Gasteiger partial charge on any atom is 0.410 e. The van der Waals surface area contributed by atoms with Crippen molar-refractivity contribution in [2.45, 2.75) is 46.0 Å². The number of ether oxygens (including phenoxy) is 1. The van der Waals surface area contributed by atoms with Gasteiger partial charge in [-0.3, -0.25) is 0 Å². The van der Waals surface area contributed by atoms with E-state index < -0.39 is 0 Å². The second-order valence-corrected chi connectivity index (χ2v) is 6.85. The molecule has 4 nitrogen and oxygen atoms in total. The Hall–Kier alpha value is -2.33. The molecule has 0 spiro atoms. The van der Waals surface area contributed by atoms with Crippen LogP contribution in [0.5, 0.6) is 0 Å². The predicted molar refractivity (Wildman–Crippen MR) is 99.2 cm³/mol. The first-order valence-electron chi connectivity index (χ1n) is 8.91. The van der Waals surface area contributed by atoms with Crippen molar-refractivity contribution in [2.24, 2.45) is 0 Å². The lowest BCUT2D eigenvalue weighted by atomic mass is 9.97. The Labute approximate surface area is 149 Å². The minimum atomic E-state index is -0.236. The number of amides is 1. The Morgan fingerprint density at radius 1 is 1.12 bits per heavy atom. The first kappa shape index (κ1) is 17.5. The minimum absolute atomic E-state index is 0.236. The van der Waals surface area contributed by atoms with E-state index in [-0.39, 0.29) is 6.09 Å². The number of nitrogens with one attached hydrogen (secondary N) is 1. The summed E-state index contributed by atoms with van der Waals surface area (Å²) >= 11 is 0. The summed E-state index contributed by atoms with van der Waals surface area (Å²) < 4.78 is 5.45. The Bertz CT molecular complexity index is 713. The predicted octanol–water partition coefficient (Wildman–Crippen LogP) is 3.88. The van der Waals surface area contributed by atoms with E-state index in [0.717, 1.165) is 18.5 Å². The molecule has 1 heterocycles. The van der Waals surface area contributed by atoms with Gasteiger partial charge in [0.1, 0.15) is 6.61 Å². The SMILES string of the molecule is CC(C)NCc1ccc2c(c1)CCN(C(=O)OCc1ccccc1)C2. The number of carbonyl (C=O) groups excluding carboxylic acids is 1. The van der Waals surface area contributed by atoms with Gasteiger partial charge in [0.05, 0.1) is 0 Å². The molecule has 0 bridgehead atoms. The molecule has 0 radical (unpaired) electrons. The molecule has 4 heteroatoms. The summed E-state index contributed by atoms with van der Waals surface area (Å²) in [5, 5.41) is 3.44. The first-order valence-corrected chi connectivity index (χ1v) is 8.91. The highest BCUT2D eigenvalue weighted by Gasteiger charge is 2.22. The highest BCUT2D eigenvalue weighted by Crippen LogP contribution is 2.21.